The molecule has 0 spiro atoms. The van der Waals surface area contributed by atoms with Gasteiger partial charge in [-0.1, -0.05) is 0 Å². The molecule has 0 fully saturated rings. The maximum Gasteiger partial charge on any atom is 0.347 e. The van der Waals surface area contributed by atoms with Crippen LogP contribution in [0.5, 0.6) is 0 Å². The average molecular weight is 318 g/mol. The van der Waals surface area contributed by atoms with Gasteiger partial charge >= 0.3 is 17.9 Å². The Morgan fingerprint density at radius 1 is 0.636 bits per heavy atom. The van der Waals surface area contributed by atoms with Gasteiger partial charge in [0.1, 0.15) is 0 Å². The summed E-state index contributed by atoms with van der Waals surface area (Å²) in [6.07, 6.45) is -4.18. The Bertz CT molecular complexity index is 431. The summed E-state index contributed by atoms with van der Waals surface area (Å²) in [5, 5.41) is 0. The highest BCUT2D eigenvalue weighted by Crippen LogP contribution is 2.05. The second-order valence-electron chi connectivity index (χ2n) is 4.73. The molecule has 0 N–H and O–H groups in total. The minimum absolute atomic E-state index is 0.331. The number of methoxy groups -OCH3 is 1. The van der Waals surface area contributed by atoms with E-state index in [1.54, 1.807) is 0 Å². The van der Waals surface area contributed by atoms with Crippen LogP contribution in [-0.4, -0.2) is 55.2 Å². The maximum atomic E-state index is 11.7. The van der Waals surface area contributed by atoms with Crippen LogP contribution in [0.3, 0.4) is 0 Å². The Labute approximate surface area is 129 Å². The number of hydrogen-bond acceptors (Lipinski definition) is 8. The van der Waals surface area contributed by atoms with E-state index in [4.69, 9.17) is 18.9 Å². The molecule has 0 aromatic heterocycles. The molecule has 0 aliphatic heterocycles. The maximum absolute atomic E-state index is 11.7. The van der Waals surface area contributed by atoms with Gasteiger partial charge in [0.2, 0.25) is 0 Å². The molecule has 0 aromatic rings. The molecule has 0 bridgehead atoms. The van der Waals surface area contributed by atoms with Crippen LogP contribution in [0.1, 0.15) is 34.6 Å². The molecule has 22 heavy (non-hydrogen) atoms. The van der Waals surface area contributed by atoms with E-state index in [-0.39, 0.29) is 5.78 Å². The van der Waals surface area contributed by atoms with Crippen molar-refractivity contribution in [2.45, 2.75) is 59.0 Å². The fourth-order valence-electron chi connectivity index (χ4n) is 1.09. The first-order valence-corrected chi connectivity index (χ1v) is 6.74. The Balaban J connectivity index is 4.42. The van der Waals surface area contributed by atoms with Gasteiger partial charge in [-0.25, -0.2) is 14.4 Å². The van der Waals surface area contributed by atoms with Crippen LogP contribution < -0.4 is 0 Å². The Morgan fingerprint density at radius 2 is 0.955 bits per heavy atom. The lowest BCUT2D eigenvalue weighted by Crippen LogP contribution is -2.36. The topological polar surface area (TPSA) is 105 Å². The highest BCUT2D eigenvalue weighted by molar-refractivity contribution is 5.86. The van der Waals surface area contributed by atoms with Crippen LogP contribution >= 0.6 is 0 Å². The summed E-state index contributed by atoms with van der Waals surface area (Å²) < 4.78 is 19.2. The molecule has 0 aromatic carbocycles. The van der Waals surface area contributed by atoms with E-state index in [0.29, 0.717) is 0 Å². The summed E-state index contributed by atoms with van der Waals surface area (Å²) in [7, 11) is 1.32. The summed E-state index contributed by atoms with van der Waals surface area (Å²) in [5.74, 6) is -2.83. The van der Waals surface area contributed by atoms with E-state index in [0.717, 1.165) is 0 Å². The van der Waals surface area contributed by atoms with E-state index in [1.807, 2.05) is 0 Å². The third-order valence-electron chi connectivity index (χ3n) is 2.80. The number of ketones is 1. The molecular weight excluding hydrogens is 296 g/mol. The number of Topliss-reactive ketones (excluding diaryl/α,β-unsaturated/α-hetero) is 1. The fraction of sp³-hybridized carbons (Fsp3) is 0.714. The second kappa shape index (κ2) is 9.14. The molecule has 8 heteroatoms. The summed E-state index contributed by atoms with van der Waals surface area (Å²) in [5.41, 5.74) is 0. The van der Waals surface area contributed by atoms with Gasteiger partial charge in [0.25, 0.3) is 0 Å². The summed E-state index contributed by atoms with van der Waals surface area (Å²) in [4.78, 5) is 45.8. The highest BCUT2D eigenvalue weighted by atomic mass is 16.6. The molecular formula is C14H22O8. The van der Waals surface area contributed by atoms with Crippen molar-refractivity contribution in [2.75, 3.05) is 7.11 Å². The molecule has 126 valence electrons. The third-order valence-corrected chi connectivity index (χ3v) is 2.80. The zero-order valence-electron chi connectivity index (χ0n) is 13.6. The highest BCUT2D eigenvalue weighted by Gasteiger charge is 2.28. The predicted molar refractivity (Wildman–Crippen MR) is 73.8 cm³/mol. The molecule has 0 saturated carbocycles. The number of carbonyl (C=O) groups excluding carboxylic acids is 4. The first-order valence-electron chi connectivity index (χ1n) is 6.74. The number of esters is 3. The van der Waals surface area contributed by atoms with Crippen molar-refractivity contribution in [1.29, 1.82) is 0 Å². The van der Waals surface area contributed by atoms with E-state index in [9.17, 15) is 19.2 Å². The Hall–Kier alpha value is -1.96. The summed E-state index contributed by atoms with van der Waals surface area (Å²) >= 11 is 0. The van der Waals surface area contributed by atoms with Gasteiger partial charge in [0.05, 0.1) is 0 Å². The third kappa shape index (κ3) is 6.66. The van der Waals surface area contributed by atoms with Gasteiger partial charge in [-0.15, -0.1) is 0 Å². The van der Waals surface area contributed by atoms with Crippen molar-refractivity contribution >= 4 is 23.7 Å². The van der Waals surface area contributed by atoms with E-state index in [1.165, 1.54) is 41.7 Å². The zero-order valence-corrected chi connectivity index (χ0v) is 13.6. The first kappa shape index (κ1) is 20.0. The van der Waals surface area contributed by atoms with Crippen LogP contribution in [0.25, 0.3) is 0 Å². The van der Waals surface area contributed by atoms with Gasteiger partial charge in [-0.3, -0.25) is 4.79 Å². The average Bonchev–Trinajstić information content (AvgIpc) is 2.45. The Kier molecular flexibility index (Phi) is 8.32. The molecule has 0 rings (SSSR count). The summed E-state index contributed by atoms with van der Waals surface area (Å²) in [6, 6.07) is 0. The minimum atomic E-state index is -1.23. The number of carbonyl (C=O) groups is 4. The minimum Gasteiger partial charge on any atom is -0.452 e. The second-order valence-corrected chi connectivity index (χ2v) is 4.73. The SMILES string of the molecule is CO[C@H](C)C(=O)O[C@H](C)C(=O)O[C@@H](C)C(=O)O[C@@H](C)C(C)=O. The van der Waals surface area contributed by atoms with Crippen molar-refractivity contribution in [3.8, 4) is 0 Å². The van der Waals surface area contributed by atoms with Gasteiger partial charge in [-0.2, -0.15) is 0 Å². The standard InChI is InChI=1S/C14H22O8/c1-7(15)8(2)20-13(17)10(4)22-14(18)11(5)21-12(16)9(3)19-6/h8-11H,1-6H3/t8-,9+,10-,11+/m0/s1. The molecule has 0 unspecified atom stereocenters. The van der Waals surface area contributed by atoms with Crippen molar-refractivity contribution < 1.29 is 38.1 Å². The van der Waals surface area contributed by atoms with Crippen molar-refractivity contribution in [3.05, 3.63) is 0 Å². The Morgan fingerprint density at radius 3 is 1.27 bits per heavy atom. The van der Waals surface area contributed by atoms with Crippen molar-refractivity contribution in [2.24, 2.45) is 0 Å². The molecule has 8 nitrogen and oxygen atoms in total. The van der Waals surface area contributed by atoms with Gasteiger partial charge in [0.15, 0.2) is 30.2 Å². The number of ether oxygens (including phenoxy) is 4. The summed E-state index contributed by atoms with van der Waals surface area (Å²) in [6.45, 7) is 6.74. The quantitative estimate of drug-likeness (QED) is 0.468. The largest absolute Gasteiger partial charge is 0.452 e. The monoisotopic (exact) mass is 318 g/mol. The van der Waals surface area contributed by atoms with Gasteiger partial charge < -0.3 is 18.9 Å². The lowest BCUT2D eigenvalue weighted by Gasteiger charge is -2.18. The van der Waals surface area contributed by atoms with E-state index < -0.39 is 42.3 Å². The van der Waals surface area contributed by atoms with Crippen LogP contribution in [0, 0.1) is 0 Å². The normalized spacial score (nSPS) is 15.9. The fourth-order valence-corrected chi connectivity index (χ4v) is 1.09. The number of hydrogen-bond donors (Lipinski definition) is 0. The van der Waals surface area contributed by atoms with Crippen molar-refractivity contribution in [3.63, 3.8) is 0 Å². The number of rotatable bonds is 8. The molecule has 0 aliphatic rings. The van der Waals surface area contributed by atoms with Crippen LogP contribution in [-0.2, 0) is 38.1 Å². The first-order chi connectivity index (χ1) is 10.1. The van der Waals surface area contributed by atoms with Gasteiger partial charge in [0, 0.05) is 7.11 Å². The molecule has 0 aliphatic carbocycles. The molecule has 0 saturated heterocycles. The van der Waals surface area contributed by atoms with E-state index in [2.05, 4.69) is 0 Å². The molecule has 0 heterocycles. The smallest absolute Gasteiger partial charge is 0.347 e. The molecule has 4 atom stereocenters. The van der Waals surface area contributed by atoms with Crippen LogP contribution in [0.4, 0.5) is 0 Å². The predicted octanol–water partition coefficient (Wildman–Crippen LogP) is 0.405. The van der Waals surface area contributed by atoms with E-state index >= 15 is 0 Å². The van der Waals surface area contributed by atoms with Crippen molar-refractivity contribution in [1.82, 2.24) is 0 Å². The zero-order chi connectivity index (χ0) is 17.4. The lowest BCUT2D eigenvalue weighted by atomic mass is 10.3. The lowest BCUT2D eigenvalue weighted by molar-refractivity contribution is -0.181. The van der Waals surface area contributed by atoms with Gasteiger partial charge in [-0.05, 0) is 34.6 Å². The van der Waals surface area contributed by atoms with Crippen LogP contribution in [0.15, 0.2) is 0 Å². The molecule has 0 radical (unpaired) electrons. The van der Waals surface area contributed by atoms with Crippen LogP contribution in [0.2, 0.25) is 0 Å². The molecule has 0 amide bonds.